The normalized spacial score (nSPS) is 10.5. The lowest BCUT2D eigenvalue weighted by Crippen LogP contribution is -2.16. The Balaban J connectivity index is 1.35. The molecule has 0 fully saturated rings. The van der Waals surface area contributed by atoms with E-state index in [1.54, 1.807) is 37.4 Å². The lowest BCUT2D eigenvalue weighted by atomic mass is 10.1. The quantitative estimate of drug-likeness (QED) is 0.250. The zero-order valence-corrected chi connectivity index (χ0v) is 20.7. The molecule has 10 heteroatoms. The number of para-hydroxylation sites is 1. The van der Waals surface area contributed by atoms with Gasteiger partial charge in [0, 0.05) is 21.5 Å². The minimum absolute atomic E-state index is 0.0679. The maximum absolute atomic E-state index is 12.6. The van der Waals surface area contributed by atoms with Crippen molar-refractivity contribution in [3.63, 3.8) is 0 Å². The molecule has 4 aromatic rings. The van der Waals surface area contributed by atoms with Gasteiger partial charge in [0.2, 0.25) is 5.91 Å². The fourth-order valence-electron chi connectivity index (χ4n) is 3.35. The molecule has 0 bridgehead atoms. The van der Waals surface area contributed by atoms with E-state index in [9.17, 15) is 19.5 Å². The van der Waals surface area contributed by atoms with Crippen molar-refractivity contribution < 1.29 is 24.2 Å². The number of thioether (sulfide) groups is 1. The summed E-state index contributed by atoms with van der Waals surface area (Å²) in [6.07, 6.45) is 0. The zero-order valence-electron chi connectivity index (χ0n) is 19.1. The molecule has 1 heterocycles. The first-order chi connectivity index (χ1) is 17.4. The van der Waals surface area contributed by atoms with Crippen molar-refractivity contribution in [3.8, 4) is 17.0 Å². The molecule has 0 atom stereocenters. The minimum Gasteiger partial charge on any atom is -0.496 e. The summed E-state index contributed by atoms with van der Waals surface area (Å²) in [7, 11) is 1.60. The maximum atomic E-state index is 12.6. The van der Waals surface area contributed by atoms with Crippen LogP contribution in [0.4, 0.5) is 10.8 Å². The fraction of sp³-hybridized carbons (Fsp3) is 0.0769. The summed E-state index contributed by atoms with van der Waals surface area (Å²) in [6.45, 7) is 0. The number of carboxylic acids is 1. The highest BCUT2D eigenvalue weighted by atomic mass is 32.2. The molecule has 0 unspecified atom stereocenters. The molecule has 0 aliphatic heterocycles. The van der Waals surface area contributed by atoms with Gasteiger partial charge in [-0.2, -0.15) is 0 Å². The molecule has 0 saturated heterocycles. The number of aromatic nitrogens is 1. The van der Waals surface area contributed by atoms with E-state index in [-0.39, 0.29) is 22.8 Å². The SMILES string of the molecule is COc1ccccc1-c1csc(NC(=O)CSc2cccc(NC(=O)c3ccccc3C(=O)O)c2)n1. The number of nitrogens with zero attached hydrogens (tertiary/aromatic N) is 1. The van der Waals surface area contributed by atoms with Crippen molar-refractivity contribution in [2.75, 3.05) is 23.5 Å². The van der Waals surface area contributed by atoms with Crippen LogP contribution in [0.1, 0.15) is 20.7 Å². The molecule has 0 spiro atoms. The second kappa shape index (κ2) is 11.5. The van der Waals surface area contributed by atoms with Crippen LogP contribution in [0.3, 0.4) is 0 Å². The average Bonchev–Trinajstić information content (AvgIpc) is 3.35. The number of rotatable bonds is 9. The number of thiazole rings is 1. The van der Waals surface area contributed by atoms with E-state index in [4.69, 9.17) is 4.74 Å². The summed E-state index contributed by atoms with van der Waals surface area (Å²) in [5.41, 5.74) is 2.04. The Kier molecular flexibility index (Phi) is 7.99. The third kappa shape index (κ3) is 6.09. The van der Waals surface area contributed by atoms with Crippen LogP contribution in [-0.4, -0.2) is 40.7 Å². The standard InChI is InChI=1S/C26H21N3O5S2/c1-34-22-12-5-4-11-20(22)21-14-36-26(28-21)29-23(30)15-35-17-8-6-7-16(13-17)27-24(31)18-9-2-3-10-19(18)25(32)33/h2-14H,15H2,1H3,(H,27,31)(H,32,33)(H,28,29,30). The number of ether oxygens (including phenoxy) is 1. The van der Waals surface area contributed by atoms with Crippen molar-refractivity contribution in [1.29, 1.82) is 0 Å². The molecular formula is C26H21N3O5S2. The molecule has 3 N–H and O–H groups in total. The highest BCUT2D eigenvalue weighted by Crippen LogP contribution is 2.32. The van der Waals surface area contributed by atoms with Crippen LogP contribution in [-0.2, 0) is 4.79 Å². The van der Waals surface area contributed by atoms with E-state index in [1.165, 1.54) is 35.2 Å². The first-order valence-electron chi connectivity index (χ1n) is 10.7. The predicted molar refractivity (Wildman–Crippen MR) is 141 cm³/mol. The third-order valence-corrected chi connectivity index (χ3v) is 6.75. The maximum Gasteiger partial charge on any atom is 0.336 e. The van der Waals surface area contributed by atoms with E-state index in [2.05, 4.69) is 15.6 Å². The highest BCUT2D eigenvalue weighted by molar-refractivity contribution is 8.00. The van der Waals surface area contributed by atoms with E-state index in [1.807, 2.05) is 35.7 Å². The number of methoxy groups -OCH3 is 1. The Hall–Kier alpha value is -4.15. The van der Waals surface area contributed by atoms with Gasteiger partial charge >= 0.3 is 5.97 Å². The highest BCUT2D eigenvalue weighted by Gasteiger charge is 2.16. The largest absolute Gasteiger partial charge is 0.496 e. The van der Waals surface area contributed by atoms with Gasteiger partial charge in [0.25, 0.3) is 5.91 Å². The van der Waals surface area contributed by atoms with Gasteiger partial charge in [-0.05, 0) is 42.5 Å². The van der Waals surface area contributed by atoms with Crippen LogP contribution >= 0.6 is 23.1 Å². The number of nitrogens with one attached hydrogen (secondary N) is 2. The van der Waals surface area contributed by atoms with E-state index < -0.39 is 11.9 Å². The van der Waals surface area contributed by atoms with E-state index in [0.29, 0.717) is 22.3 Å². The molecular weight excluding hydrogens is 498 g/mol. The number of carbonyl (C=O) groups excluding carboxylic acids is 2. The molecule has 36 heavy (non-hydrogen) atoms. The zero-order chi connectivity index (χ0) is 25.5. The Bertz CT molecular complexity index is 1420. The van der Waals surface area contributed by atoms with Crippen LogP contribution in [0.15, 0.2) is 83.1 Å². The summed E-state index contributed by atoms with van der Waals surface area (Å²) in [6, 6.07) is 20.5. The van der Waals surface area contributed by atoms with Gasteiger partial charge in [0.05, 0.1) is 29.7 Å². The predicted octanol–water partition coefficient (Wildman–Crippen LogP) is 5.50. The first kappa shape index (κ1) is 25.0. The molecule has 4 rings (SSSR count). The monoisotopic (exact) mass is 519 g/mol. The second-order valence-corrected chi connectivity index (χ2v) is 9.31. The van der Waals surface area contributed by atoms with Crippen molar-refractivity contribution in [2.24, 2.45) is 0 Å². The third-order valence-electron chi connectivity index (χ3n) is 5.00. The molecule has 2 amide bonds. The Morgan fingerprint density at radius 3 is 2.50 bits per heavy atom. The molecule has 182 valence electrons. The van der Waals surface area contributed by atoms with Crippen LogP contribution in [0, 0.1) is 0 Å². The number of amides is 2. The minimum atomic E-state index is -1.17. The van der Waals surface area contributed by atoms with Gasteiger partial charge in [-0.3, -0.25) is 9.59 Å². The Labute approximate surface area is 215 Å². The van der Waals surface area contributed by atoms with Gasteiger partial charge in [0.15, 0.2) is 5.13 Å². The summed E-state index contributed by atoms with van der Waals surface area (Å²) in [4.78, 5) is 41.7. The van der Waals surface area contributed by atoms with Crippen molar-refractivity contribution >= 4 is 51.7 Å². The van der Waals surface area contributed by atoms with Crippen molar-refractivity contribution in [3.05, 3.63) is 89.3 Å². The van der Waals surface area contributed by atoms with E-state index in [0.717, 1.165) is 10.5 Å². The summed E-state index contributed by atoms with van der Waals surface area (Å²) >= 11 is 2.63. The smallest absolute Gasteiger partial charge is 0.336 e. The second-order valence-electron chi connectivity index (χ2n) is 7.41. The van der Waals surface area contributed by atoms with Gasteiger partial charge in [-0.15, -0.1) is 23.1 Å². The molecule has 1 aromatic heterocycles. The molecule has 0 aliphatic carbocycles. The number of aromatic carboxylic acids is 1. The molecule has 0 saturated carbocycles. The van der Waals surface area contributed by atoms with Crippen LogP contribution in [0.2, 0.25) is 0 Å². The van der Waals surface area contributed by atoms with Crippen molar-refractivity contribution in [1.82, 2.24) is 4.98 Å². The number of hydrogen-bond donors (Lipinski definition) is 3. The summed E-state index contributed by atoms with van der Waals surface area (Å²) in [5.74, 6) is -1.07. The number of hydrogen-bond acceptors (Lipinski definition) is 7. The summed E-state index contributed by atoms with van der Waals surface area (Å²) in [5, 5.41) is 17.2. The molecule has 0 aliphatic rings. The van der Waals surface area contributed by atoms with Crippen LogP contribution < -0.4 is 15.4 Å². The molecule has 8 nitrogen and oxygen atoms in total. The lowest BCUT2D eigenvalue weighted by Gasteiger charge is -2.09. The van der Waals surface area contributed by atoms with Gasteiger partial charge in [-0.1, -0.05) is 30.3 Å². The van der Waals surface area contributed by atoms with Gasteiger partial charge in [0.1, 0.15) is 5.75 Å². The number of benzene rings is 3. The Morgan fingerprint density at radius 2 is 1.72 bits per heavy atom. The fourth-order valence-corrected chi connectivity index (χ4v) is 4.83. The molecule has 0 radical (unpaired) electrons. The van der Waals surface area contributed by atoms with E-state index >= 15 is 0 Å². The first-order valence-corrected chi connectivity index (χ1v) is 12.6. The number of anilines is 2. The van der Waals surface area contributed by atoms with Gasteiger partial charge in [-0.25, -0.2) is 9.78 Å². The number of carbonyl (C=O) groups is 3. The van der Waals surface area contributed by atoms with Crippen LogP contribution in [0.5, 0.6) is 5.75 Å². The topological polar surface area (TPSA) is 118 Å². The van der Waals surface area contributed by atoms with Crippen LogP contribution in [0.25, 0.3) is 11.3 Å². The average molecular weight is 520 g/mol. The summed E-state index contributed by atoms with van der Waals surface area (Å²) < 4.78 is 5.37. The number of carboxylic acid groups (broad SMARTS) is 1. The Morgan fingerprint density at radius 1 is 0.972 bits per heavy atom. The van der Waals surface area contributed by atoms with Gasteiger partial charge < -0.3 is 20.5 Å². The van der Waals surface area contributed by atoms with Crippen molar-refractivity contribution in [2.45, 2.75) is 4.90 Å². The lowest BCUT2D eigenvalue weighted by molar-refractivity contribution is -0.113. The molecule has 3 aromatic carbocycles.